The Bertz CT molecular complexity index is 201. The highest BCUT2D eigenvalue weighted by Crippen LogP contribution is 2.22. The topological polar surface area (TPSA) is 15.3 Å². The molecular weight excluding hydrogens is 220 g/mol. The smallest absolute Gasteiger partial charge is 0.00792 e. The molecule has 0 radical (unpaired) electrons. The molecule has 1 N–H and O–H groups in total. The Morgan fingerprint density at radius 3 is 2.56 bits per heavy atom. The highest BCUT2D eigenvalue weighted by atomic mass is 15.1. The molecular formula is C16H34N2. The van der Waals surface area contributed by atoms with Gasteiger partial charge in [0, 0.05) is 19.1 Å². The molecule has 2 atom stereocenters. The van der Waals surface area contributed by atoms with Crippen molar-refractivity contribution in [3.05, 3.63) is 0 Å². The van der Waals surface area contributed by atoms with E-state index in [1.807, 2.05) is 0 Å². The van der Waals surface area contributed by atoms with Crippen molar-refractivity contribution in [2.45, 2.75) is 65.8 Å². The maximum absolute atomic E-state index is 3.68. The third-order valence-electron chi connectivity index (χ3n) is 4.64. The number of rotatable bonds is 8. The van der Waals surface area contributed by atoms with E-state index in [4.69, 9.17) is 0 Å². The predicted molar refractivity (Wildman–Crippen MR) is 81.0 cm³/mol. The van der Waals surface area contributed by atoms with Gasteiger partial charge in [0.1, 0.15) is 0 Å². The Kier molecular flexibility index (Phi) is 7.92. The van der Waals surface area contributed by atoms with Crippen LogP contribution < -0.4 is 5.32 Å². The number of piperidine rings is 1. The molecule has 2 nitrogen and oxygen atoms in total. The van der Waals surface area contributed by atoms with Crippen LogP contribution in [0.1, 0.15) is 59.8 Å². The van der Waals surface area contributed by atoms with Gasteiger partial charge in [-0.15, -0.1) is 0 Å². The molecule has 1 heterocycles. The molecule has 1 aliphatic rings. The van der Waals surface area contributed by atoms with E-state index in [1.54, 1.807) is 0 Å². The number of likely N-dealkylation sites (tertiary alicyclic amines) is 1. The Morgan fingerprint density at radius 1 is 1.22 bits per heavy atom. The third kappa shape index (κ3) is 5.27. The van der Waals surface area contributed by atoms with Crippen LogP contribution in [0.5, 0.6) is 0 Å². The molecule has 1 saturated heterocycles. The molecule has 2 unspecified atom stereocenters. The van der Waals surface area contributed by atoms with E-state index in [0.717, 1.165) is 11.8 Å². The molecule has 1 rings (SSSR count). The number of nitrogens with one attached hydrogen (secondary N) is 1. The summed E-state index contributed by atoms with van der Waals surface area (Å²) in [6.45, 7) is 14.4. The molecule has 108 valence electrons. The van der Waals surface area contributed by atoms with Crippen LogP contribution in [0.3, 0.4) is 0 Å². The van der Waals surface area contributed by atoms with Crippen molar-refractivity contribution < 1.29 is 0 Å². The molecule has 1 aliphatic heterocycles. The second kappa shape index (κ2) is 8.92. The van der Waals surface area contributed by atoms with Crippen LogP contribution in [0.2, 0.25) is 0 Å². The van der Waals surface area contributed by atoms with Crippen molar-refractivity contribution in [2.24, 2.45) is 11.8 Å². The minimum Gasteiger partial charge on any atom is -0.314 e. The quantitative estimate of drug-likeness (QED) is 0.713. The molecule has 0 spiro atoms. The summed E-state index contributed by atoms with van der Waals surface area (Å²) in [7, 11) is 0. The standard InChI is InChI=1S/C16H34N2/c1-5-10-17-14(4)16-9-8-11-18(13-16)12-15(6-2)7-3/h14-17H,5-13H2,1-4H3. The summed E-state index contributed by atoms with van der Waals surface area (Å²) in [6, 6.07) is 0.689. The van der Waals surface area contributed by atoms with Crippen molar-refractivity contribution in [2.75, 3.05) is 26.2 Å². The first kappa shape index (κ1) is 16.0. The van der Waals surface area contributed by atoms with Gasteiger partial charge in [-0.25, -0.2) is 0 Å². The maximum atomic E-state index is 3.68. The van der Waals surface area contributed by atoms with Gasteiger partial charge in [0.15, 0.2) is 0 Å². The Balaban J connectivity index is 2.35. The first-order valence-corrected chi connectivity index (χ1v) is 8.16. The maximum Gasteiger partial charge on any atom is 0.00792 e. The lowest BCUT2D eigenvalue weighted by atomic mass is 9.90. The van der Waals surface area contributed by atoms with Crippen molar-refractivity contribution in [1.29, 1.82) is 0 Å². The molecule has 0 amide bonds. The van der Waals surface area contributed by atoms with E-state index in [1.165, 1.54) is 58.3 Å². The lowest BCUT2D eigenvalue weighted by Gasteiger charge is -2.37. The monoisotopic (exact) mass is 254 g/mol. The molecule has 1 fully saturated rings. The van der Waals surface area contributed by atoms with Crippen molar-refractivity contribution in [3.8, 4) is 0 Å². The van der Waals surface area contributed by atoms with Crippen molar-refractivity contribution in [1.82, 2.24) is 10.2 Å². The minimum atomic E-state index is 0.689. The largest absolute Gasteiger partial charge is 0.314 e. The summed E-state index contributed by atoms with van der Waals surface area (Å²) in [6.07, 6.45) is 6.72. The molecule has 0 saturated carbocycles. The van der Waals surface area contributed by atoms with E-state index in [9.17, 15) is 0 Å². The van der Waals surface area contributed by atoms with Gasteiger partial charge < -0.3 is 10.2 Å². The summed E-state index contributed by atoms with van der Waals surface area (Å²) in [5.41, 5.74) is 0. The summed E-state index contributed by atoms with van der Waals surface area (Å²) in [4.78, 5) is 2.72. The van der Waals surface area contributed by atoms with Crippen LogP contribution in [-0.2, 0) is 0 Å². The SMILES string of the molecule is CCCNC(C)C1CCCN(CC(CC)CC)C1. The van der Waals surface area contributed by atoms with Crippen LogP contribution in [0, 0.1) is 11.8 Å². The van der Waals surface area contributed by atoms with E-state index in [2.05, 4.69) is 37.9 Å². The molecule has 0 aromatic heterocycles. The van der Waals surface area contributed by atoms with Gasteiger partial charge in [-0.1, -0.05) is 33.6 Å². The first-order valence-electron chi connectivity index (χ1n) is 8.16. The highest BCUT2D eigenvalue weighted by molar-refractivity contribution is 4.81. The average molecular weight is 254 g/mol. The first-order chi connectivity index (χ1) is 8.71. The van der Waals surface area contributed by atoms with Gasteiger partial charge in [0.25, 0.3) is 0 Å². The van der Waals surface area contributed by atoms with Crippen molar-refractivity contribution >= 4 is 0 Å². The van der Waals surface area contributed by atoms with Crippen LogP contribution in [0.4, 0.5) is 0 Å². The summed E-state index contributed by atoms with van der Waals surface area (Å²) in [5, 5.41) is 3.68. The van der Waals surface area contributed by atoms with Crippen LogP contribution in [-0.4, -0.2) is 37.1 Å². The number of nitrogens with zero attached hydrogens (tertiary/aromatic N) is 1. The van der Waals surface area contributed by atoms with Crippen LogP contribution in [0.15, 0.2) is 0 Å². The summed E-state index contributed by atoms with van der Waals surface area (Å²) < 4.78 is 0. The van der Waals surface area contributed by atoms with E-state index < -0.39 is 0 Å². The van der Waals surface area contributed by atoms with Gasteiger partial charge in [-0.3, -0.25) is 0 Å². The normalized spacial score (nSPS) is 23.5. The van der Waals surface area contributed by atoms with E-state index in [-0.39, 0.29) is 0 Å². The van der Waals surface area contributed by atoms with Crippen LogP contribution in [0.25, 0.3) is 0 Å². The van der Waals surface area contributed by atoms with Gasteiger partial charge in [0.2, 0.25) is 0 Å². The molecule has 0 aliphatic carbocycles. The minimum absolute atomic E-state index is 0.689. The van der Waals surface area contributed by atoms with Crippen LogP contribution >= 0.6 is 0 Å². The zero-order valence-electron chi connectivity index (χ0n) is 13.0. The average Bonchev–Trinajstić information content (AvgIpc) is 2.42. The van der Waals surface area contributed by atoms with E-state index >= 15 is 0 Å². The Labute approximate surface area is 115 Å². The molecule has 0 aromatic carbocycles. The Morgan fingerprint density at radius 2 is 1.94 bits per heavy atom. The van der Waals surface area contributed by atoms with Crippen molar-refractivity contribution in [3.63, 3.8) is 0 Å². The molecule has 18 heavy (non-hydrogen) atoms. The van der Waals surface area contributed by atoms with Gasteiger partial charge in [-0.05, 0) is 51.1 Å². The Hall–Kier alpha value is -0.0800. The lowest BCUT2D eigenvalue weighted by molar-refractivity contribution is 0.130. The second-order valence-electron chi connectivity index (χ2n) is 6.09. The zero-order valence-corrected chi connectivity index (χ0v) is 13.0. The number of hydrogen-bond acceptors (Lipinski definition) is 2. The highest BCUT2D eigenvalue weighted by Gasteiger charge is 2.25. The zero-order chi connectivity index (χ0) is 13.4. The van der Waals surface area contributed by atoms with Gasteiger partial charge >= 0.3 is 0 Å². The lowest BCUT2D eigenvalue weighted by Crippen LogP contribution is -2.45. The van der Waals surface area contributed by atoms with E-state index in [0.29, 0.717) is 6.04 Å². The fraction of sp³-hybridized carbons (Fsp3) is 1.00. The third-order valence-corrected chi connectivity index (χ3v) is 4.64. The fourth-order valence-electron chi connectivity index (χ4n) is 3.12. The second-order valence-corrected chi connectivity index (χ2v) is 6.09. The fourth-order valence-corrected chi connectivity index (χ4v) is 3.12. The molecule has 0 bridgehead atoms. The van der Waals surface area contributed by atoms with Gasteiger partial charge in [0.05, 0.1) is 0 Å². The molecule has 0 aromatic rings. The number of hydrogen-bond donors (Lipinski definition) is 1. The predicted octanol–water partition coefficient (Wildman–Crippen LogP) is 3.52. The van der Waals surface area contributed by atoms with Gasteiger partial charge in [-0.2, -0.15) is 0 Å². The summed E-state index contributed by atoms with van der Waals surface area (Å²) >= 11 is 0. The molecule has 2 heteroatoms. The summed E-state index contributed by atoms with van der Waals surface area (Å²) in [5.74, 6) is 1.77.